The number of carbonyl (C=O) groups is 1. The largest absolute Gasteiger partial charge is 0.441 e. The average Bonchev–Trinajstić information content (AvgIpc) is 3.46. The molecule has 0 saturated carbocycles. The summed E-state index contributed by atoms with van der Waals surface area (Å²) < 4.78 is 6.92. The molecule has 3 aromatic carbocycles. The van der Waals surface area contributed by atoms with Crippen molar-refractivity contribution in [2.45, 2.75) is 12.8 Å². The predicted molar refractivity (Wildman–Crippen MR) is 124 cm³/mol. The van der Waals surface area contributed by atoms with Crippen LogP contribution in [0.1, 0.15) is 12.3 Å². The van der Waals surface area contributed by atoms with Crippen LogP contribution in [-0.2, 0) is 11.2 Å². The minimum absolute atomic E-state index is 0.0898. The Morgan fingerprint density at radius 1 is 0.935 bits per heavy atom. The molecular weight excluding hydrogens is 406 g/mol. The van der Waals surface area contributed by atoms with Gasteiger partial charge in [0, 0.05) is 24.0 Å². The Bertz CT molecular complexity index is 1310. The summed E-state index contributed by atoms with van der Waals surface area (Å²) in [5.74, 6) is 1.17. The zero-order chi connectivity index (χ0) is 21.0. The van der Waals surface area contributed by atoms with Crippen molar-refractivity contribution in [2.24, 2.45) is 0 Å². The number of amides is 1. The first-order chi connectivity index (χ1) is 15.3. The molecule has 5 aromatic rings. The van der Waals surface area contributed by atoms with Gasteiger partial charge >= 0.3 is 0 Å². The van der Waals surface area contributed by atoms with Crippen molar-refractivity contribution in [2.75, 3.05) is 5.32 Å². The summed E-state index contributed by atoms with van der Waals surface area (Å²) in [6.45, 7) is 0. The summed E-state index contributed by atoms with van der Waals surface area (Å²) in [5.41, 5.74) is 3.60. The van der Waals surface area contributed by atoms with Gasteiger partial charge in [-0.2, -0.15) is 0 Å². The van der Waals surface area contributed by atoms with Crippen LogP contribution < -0.4 is 5.32 Å². The first kappa shape index (κ1) is 19.2. The van der Waals surface area contributed by atoms with E-state index in [1.165, 1.54) is 0 Å². The zero-order valence-corrected chi connectivity index (χ0v) is 17.4. The fourth-order valence-corrected chi connectivity index (χ4v) is 4.37. The number of carbonyl (C=O) groups excluding carboxylic acids is 1. The van der Waals surface area contributed by atoms with Gasteiger partial charge in [-0.05, 0) is 24.3 Å². The monoisotopic (exact) mass is 425 g/mol. The topological polar surface area (TPSA) is 68.0 Å². The van der Waals surface area contributed by atoms with E-state index in [9.17, 15) is 4.79 Å². The number of aryl methyl sites for hydroxylation is 1. The molecule has 0 fully saturated rings. The van der Waals surface area contributed by atoms with Gasteiger partial charge in [-0.15, -0.1) is 11.3 Å². The molecule has 31 heavy (non-hydrogen) atoms. The maximum Gasteiger partial charge on any atom is 0.224 e. The van der Waals surface area contributed by atoms with E-state index < -0.39 is 0 Å². The van der Waals surface area contributed by atoms with E-state index in [0.717, 1.165) is 32.0 Å². The molecule has 0 spiro atoms. The van der Waals surface area contributed by atoms with Crippen LogP contribution in [0.3, 0.4) is 0 Å². The molecule has 2 aromatic heterocycles. The number of aromatic nitrogens is 2. The second kappa shape index (κ2) is 8.53. The van der Waals surface area contributed by atoms with Crippen LogP contribution in [0, 0.1) is 0 Å². The summed E-state index contributed by atoms with van der Waals surface area (Å²) in [6.07, 6.45) is 2.41. The highest BCUT2D eigenvalue weighted by molar-refractivity contribution is 7.21. The van der Waals surface area contributed by atoms with Crippen LogP contribution in [0.2, 0.25) is 0 Å². The van der Waals surface area contributed by atoms with Crippen molar-refractivity contribution in [1.82, 2.24) is 9.97 Å². The van der Waals surface area contributed by atoms with E-state index in [1.54, 1.807) is 17.5 Å². The number of nitrogens with one attached hydrogen (secondary N) is 1. The SMILES string of the molecule is O=C(CCc1ncc(-c2ccccc2)o1)Nc1ccccc1-c1nc2ccccc2s1. The summed E-state index contributed by atoms with van der Waals surface area (Å²) in [6, 6.07) is 25.6. The van der Waals surface area contributed by atoms with Crippen molar-refractivity contribution in [3.63, 3.8) is 0 Å². The van der Waals surface area contributed by atoms with Crippen molar-refractivity contribution < 1.29 is 9.21 Å². The van der Waals surface area contributed by atoms with Gasteiger partial charge in [0.05, 0.1) is 22.1 Å². The first-order valence-electron chi connectivity index (χ1n) is 10.0. The predicted octanol–water partition coefficient (Wildman–Crippen LogP) is 6.19. The Kier molecular flexibility index (Phi) is 5.29. The van der Waals surface area contributed by atoms with Crippen molar-refractivity contribution in [3.8, 4) is 21.9 Å². The number of para-hydroxylation sites is 2. The smallest absolute Gasteiger partial charge is 0.224 e. The molecule has 0 aliphatic carbocycles. The van der Waals surface area contributed by atoms with E-state index in [4.69, 9.17) is 9.40 Å². The van der Waals surface area contributed by atoms with Gasteiger partial charge in [0.1, 0.15) is 5.01 Å². The Balaban J connectivity index is 1.28. The zero-order valence-electron chi connectivity index (χ0n) is 16.6. The number of rotatable bonds is 6. The van der Waals surface area contributed by atoms with E-state index in [-0.39, 0.29) is 12.3 Å². The van der Waals surface area contributed by atoms with Crippen LogP contribution >= 0.6 is 11.3 Å². The third kappa shape index (κ3) is 4.25. The normalized spacial score (nSPS) is 11.0. The lowest BCUT2D eigenvalue weighted by atomic mass is 10.1. The minimum Gasteiger partial charge on any atom is -0.441 e. The maximum absolute atomic E-state index is 12.6. The number of benzene rings is 3. The second-order valence-electron chi connectivity index (χ2n) is 7.06. The molecule has 152 valence electrons. The van der Waals surface area contributed by atoms with Gasteiger partial charge in [0.25, 0.3) is 0 Å². The summed E-state index contributed by atoms with van der Waals surface area (Å²) in [7, 11) is 0. The van der Waals surface area contributed by atoms with E-state index >= 15 is 0 Å². The average molecular weight is 426 g/mol. The Labute approximate surface area is 183 Å². The summed E-state index contributed by atoms with van der Waals surface area (Å²) >= 11 is 1.62. The van der Waals surface area contributed by atoms with Crippen molar-refractivity contribution in [3.05, 3.63) is 91.0 Å². The minimum atomic E-state index is -0.0898. The third-order valence-electron chi connectivity index (χ3n) is 4.90. The first-order valence-corrected chi connectivity index (χ1v) is 10.8. The van der Waals surface area contributed by atoms with Gasteiger partial charge in [0.15, 0.2) is 11.7 Å². The fraction of sp³-hybridized carbons (Fsp3) is 0.0800. The molecular formula is C25H19N3O2S. The van der Waals surface area contributed by atoms with Crippen LogP contribution in [0.25, 0.3) is 32.1 Å². The molecule has 0 aliphatic rings. The van der Waals surface area contributed by atoms with E-state index in [0.29, 0.717) is 18.1 Å². The molecule has 0 atom stereocenters. The number of hydrogen-bond acceptors (Lipinski definition) is 5. The lowest BCUT2D eigenvalue weighted by Crippen LogP contribution is -2.13. The molecule has 0 aliphatic heterocycles. The van der Waals surface area contributed by atoms with Crippen LogP contribution in [0.4, 0.5) is 5.69 Å². The highest BCUT2D eigenvalue weighted by Gasteiger charge is 2.13. The van der Waals surface area contributed by atoms with Crippen LogP contribution in [0.15, 0.2) is 89.5 Å². The van der Waals surface area contributed by atoms with Gasteiger partial charge in [-0.25, -0.2) is 9.97 Å². The molecule has 1 amide bonds. The molecule has 0 saturated heterocycles. The lowest BCUT2D eigenvalue weighted by Gasteiger charge is -2.08. The molecule has 2 heterocycles. The second-order valence-corrected chi connectivity index (χ2v) is 8.10. The molecule has 6 heteroatoms. The molecule has 0 bridgehead atoms. The molecule has 0 unspecified atom stereocenters. The van der Waals surface area contributed by atoms with Gasteiger partial charge in [-0.1, -0.05) is 54.6 Å². The third-order valence-corrected chi connectivity index (χ3v) is 5.97. The molecule has 5 nitrogen and oxygen atoms in total. The van der Waals surface area contributed by atoms with Gasteiger partial charge < -0.3 is 9.73 Å². The maximum atomic E-state index is 12.6. The van der Waals surface area contributed by atoms with Gasteiger partial charge in [-0.3, -0.25) is 4.79 Å². The number of fused-ring (bicyclic) bond motifs is 1. The number of nitrogens with zero attached hydrogens (tertiary/aromatic N) is 2. The molecule has 0 radical (unpaired) electrons. The standard InChI is InChI=1S/C25H19N3O2S/c29-23(14-15-24-26-16-21(30-24)17-8-2-1-3-9-17)27-19-11-5-4-10-18(19)25-28-20-12-6-7-13-22(20)31-25/h1-13,16H,14-15H2,(H,27,29). The van der Waals surface area contributed by atoms with Gasteiger partial charge in [0.2, 0.25) is 5.91 Å². The number of anilines is 1. The van der Waals surface area contributed by atoms with E-state index in [1.807, 2.05) is 72.8 Å². The van der Waals surface area contributed by atoms with Crippen molar-refractivity contribution in [1.29, 1.82) is 0 Å². The highest BCUT2D eigenvalue weighted by Crippen LogP contribution is 2.34. The molecule has 1 N–H and O–H groups in total. The van der Waals surface area contributed by atoms with Crippen LogP contribution in [0.5, 0.6) is 0 Å². The van der Waals surface area contributed by atoms with Crippen LogP contribution in [-0.4, -0.2) is 15.9 Å². The Morgan fingerprint density at radius 3 is 2.58 bits per heavy atom. The lowest BCUT2D eigenvalue weighted by molar-refractivity contribution is -0.116. The van der Waals surface area contributed by atoms with E-state index in [2.05, 4.69) is 16.4 Å². The highest BCUT2D eigenvalue weighted by atomic mass is 32.1. The molecule has 5 rings (SSSR count). The van der Waals surface area contributed by atoms with Crippen molar-refractivity contribution >= 4 is 33.1 Å². The summed E-state index contributed by atoms with van der Waals surface area (Å²) in [4.78, 5) is 21.6. The quantitative estimate of drug-likeness (QED) is 0.352. The Morgan fingerprint density at radius 2 is 1.71 bits per heavy atom. The summed E-state index contributed by atoms with van der Waals surface area (Å²) in [5, 5.41) is 3.91. The number of thiazole rings is 1. The fourth-order valence-electron chi connectivity index (χ4n) is 3.36. The Hall–Kier alpha value is -3.77. The number of hydrogen-bond donors (Lipinski definition) is 1. The number of oxazole rings is 1.